The van der Waals surface area contributed by atoms with Crippen molar-refractivity contribution >= 4 is 9.84 Å². The summed E-state index contributed by atoms with van der Waals surface area (Å²) in [6, 6.07) is 7.45. The molecule has 2 unspecified atom stereocenters. The standard InChI is InChI=1S/C15H21NO3S/c1-2-16-10-15(7-8-19-11-15)13-9-20(17,18)14-6-4-3-5-12(13)14/h3-6,13,16H,2,7-11H2,1H3. The van der Waals surface area contributed by atoms with Crippen molar-refractivity contribution in [3.8, 4) is 0 Å². The van der Waals surface area contributed by atoms with Crippen molar-refractivity contribution in [1.29, 1.82) is 0 Å². The van der Waals surface area contributed by atoms with Gasteiger partial charge in [0.15, 0.2) is 9.84 Å². The largest absolute Gasteiger partial charge is 0.381 e. The molecule has 110 valence electrons. The topological polar surface area (TPSA) is 55.4 Å². The maximum Gasteiger partial charge on any atom is 0.179 e. The normalized spacial score (nSPS) is 31.4. The van der Waals surface area contributed by atoms with Gasteiger partial charge in [0.2, 0.25) is 0 Å². The Morgan fingerprint density at radius 1 is 1.40 bits per heavy atom. The van der Waals surface area contributed by atoms with E-state index in [0.717, 1.165) is 31.7 Å². The fourth-order valence-electron chi connectivity index (χ4n) is 3.49. The highest BCUT2D eigenvalue weighted by Gasteiger charge is 2.49. The van der Waals surface area contributed by atoms with Crippen LogP contribution in [0.1, 0.15) is 24.8 Å². The molecule has 20 heavy (non-hydrogen) atoms. The van der Waals surface area contributed by atoms with E-state index in [1.54, 1.807) is 12.1 Å². The summed E-state index contributed by atoms with van der Waals surface area (Å²) in [6.45, 7) is 5.16. The maximum atomic E-state index is 12.4. The minimum atomic E-state index is -3.14. The average molecular weight is 295 g/mol. The zero-order chi connectivity index (χ0) is 14.2. The van der Waals surface area contributed by atoms with E-state index in [-0.39, 0.29) is 17.1 Å². The van der Waals surface area contributed by atoms with Crippen molar-refractivity contribution in [3.63, 3.8) is 0 Å². The molecule has 1 N–H and O–H groups in total. The number of hydrogen-bond donors (Lipinski definition) is 1. The Kier molecular flexibility index (Phi) is 3.60. The number of benzene rings is 1. The van der Waals surface area contributed by atoms with E-state index in [2.05, 4.69) is 12.2 Å². The van der Waals surface area contributed by atoms with Gasteiger partial charge in [-0.25, -0.2) is 8.42 Å². The van der Waals surface area contributed by atoms with Gasteiger partial charge >= 0.3 is 0 Å². The highest BCUT2D eigenvalue weighted by atomic mass is 32.2. The van der Waals surface area contributed by atoms with Crippen LogP contribution in [0.15, 0.2) is 29.2 Å². The summed E-state index contributed by atoms with van der Waals surface area (Å²) >= 11 is 0. The van der Waals surface area contributed by atoms with Crippen LogP contribution in [0.2, 0.25) is 0 Å². The lowest BCUT2D eigenvalue weighted by molar-refractivity contribution is 0.136. The third kappa shape index (κ3) is 2.18. The molecule has 0 spiro atoms. The molecule has 2 aliphatic heterocycles. The lowest BCUT2D eigenvalue weighted by Gasteiger charge is -2.34. The molecular formula is C15H21NO3S. The maximum absolute atomic E-state index is 12.4. The van der Waals surface area contributed by atoms with Crippen molar-refractivity contribution in [2.24, 2.45) is 5.41 Å². The molecule has 2 atom stereocenters. The van der Waals surface area contributed by atoms with E-state index in [0.29, 0.717) is 11.5 Å². The van der Waals surface area contributed by atoms with Crippen molar-refractivity contribution in [1.82, 2.24) is 5.32 Å². The van der Waals surface area contributed by atoms with Gasteiger partial charge in [0.05, 0.1) is 17.3 Å². The Morgan fingerprint density at radius 2 is 2.20 bits per heavy atom. The summed E-state index contributed by atoms with van der Waals surface area (Å²) in [5.74, 6) is 0.270. The lowest BCUT2D eigenvalue weighted by atomic mass is 9.72. The van der Waals surface area contributed by atoms with Gasteiger partial charge in [-0.15, -0.1) is 0 Å². The van der Waals surface area contributed by atoms with E-state index in [1.807, 2.05) is 12.1 Å². The molecule has 1 saturated heterocycles. The second kappa shape index (κ2) is 5.13. The predicted molar refractivity (Wildman–Crippen MR) is 77.6 cm³/mol. The van der Waals surface area contributed by atoms with Crippen LogP contribution in [0.25, 0.3) is 0 Å². The zero-order valence-electron chi connectivity index (χ0n) is 11.8. The Morgan fingerprint density at radius 3 is 2.90 bits per heavy atom. The number of sulfone groups is 1. The van der Waals surface area contributed by atoms with E-state index >= 15 is 0 Å². The zero-order valence-corrected chi connectivity index (χ0v) is 12.6. The SMILES string of the molecule is CCNCC1(C2CS(=O)(=O)c3ccccc32)CCOC1. The molecule has 1 aromatic rings. The van der Waals surface area contributed by atoms with Gasteiger partial charge in [-0.3, -0.25) is 0 Å². The minimum Gasteiger partial charge on any atom is -0.381 e. The molecule has 0 amide bonds. The van der Waals surface area contributed by atoms with Gasteiger partial charge in [-0.05, 0) is 24.6 Å². The summed E-state index contributed by atoms with van der Waals surface area (Å²) in [5.41, 5.74) is 0.895. The van der Waals surface area contributed by atoms with Gasteiger partial charge in [0, 0.05) is 24.5 Å². The quantitative estimate of drug-likeness (QED) is 0.916. The van der Waals surface area contributed by atoms with Crippen LogP contribution in [-0.4, -0.2) is 40.5 Å². The van der Waals surface area contributed by atoms with E-state index in [1.165, 1.54) is 0 Å². The molecule has 2 heterocycles. The summed E-state index contributed by atoms with van der Waals surface area (Å²) in [7, 11) is -3.14. The summed E-state index contributed by atoms with van der Waals surface area (Å²) in [4.78, 5) is 0.521. The highest BCUT2D eigenvalue weighted by molar-refractivity contribution is 7.91. The first-order chi connectivity index (χ1) is 9.59. The Bertz CT molecular complexity index is 591. The van der Waals surface area contributed by atoms with Crippen LogP contribution in [0.4, 0.5) is 0 Å². The molecule has 0 aromatic heterocycles. The van der Waals surface area contributed by atoms with Crippen LogP contribution < -0.4 is 5.32 Å². The molecule has 1 fully saturated rings. The van der Waals surface area contributed by atoms with E-state index < -0.39 is 9.84 Å². The second-order valence-electron chi connectivity index (χ2n) is 5.82. The fraction of sp³-hybridized carbons (Fsp3) is 0.600. The van der Waals surface area contributed by atoms with E-state index in [4.69, 9.17) is 4.74 Å². The van der Waals surface area contributed by atoms with Crippen LogP contribution in [-0.2, 0) is 14.6 Å². The number of hydrogen-bond acceptors (Lipinski definition) is 4. The van der Waals surface area contributed by atoms with E-state index in [9.17, 15) is 8.42 Å². The predicted octanol–water partition coefficient (Wildman–Crippen LogP) is 1.57. The van der Waals surface area contributed by atoms with Gasteiger partial charge in [-0.2, -0.15) is 0 Å². The van der Waals surface area contributed by atoms with Crippen LogP contribution in [0.3, 0.4) is 0 Å². The Hall–Kier alpha value is -0.910. The van der Waals surface area contributed by atoms with Gasteiger partial charge in [0.1, 0.15) is 0 Å². The van der Waals surface area contributed by atoms with Crippen molar-refractivity contribution in [3.05, 3.63) is 29.8 Å². The molecule has 2 aliphatic rings. The Labute approximate surface area is 120 Å². The molecular weight excluding hydrogens is 274 g/mol. The smallest absolute Gasteiger partial charge is 0.179 e. The lowest BCUT2D eigenvalue weighted by Crippen LogP contribution is -2.40. The first-order valence-electron chi connectivity index (χ1n) is 7.19. The van der Waals surface area contributed by atoms with Crippen molar-refractivity contribution in [2.45, 2.75) is 24.2 Å². The fourth-order valence-corrected chi connectivity index (χ4v) is 5.50. The van der Waals surface area contributed by atoms with Gasteiger partial charge < -0.3 is 10.1 Å². The Balaban J connectivity index is 2.01. The molecule has 4 nitrogen and oxygen atoms in total. The van der Waals surface area contributed by atoms with Crippen LogP contribution >= 0.6 is 0 Å². The van der Waals surface area contributed by atoms with Crippen LogP contribution in [0.5, 0.6) is 0 Å². The first-order valence-corrected chi connectivity index (χ1v) is 8.84. The molecule has 0 radical (unpaired) electrons. The first kappa shape index (κ1) is 14.0. The highest BCUT2D eigenvalue weighted by Crippen LogP contribution is 2.49. The molecule has 3 rings (SSSR count). The van der Waals surface area contributed by atoms with Gasteiger partial charge in [0.25, 0.3) is 0 Å². The third-order valence-electron chi connectivity index (χ3n) is 4.62. The number of nitrogens with one attached hydrogen (secondary N) is 1. The molecule has 0 aliphatic carbocycles. The molecule has 1 aromatic carbocycles. The van der Waals surface area contributed by atoms with Crippen molar-refractivity contribution in [2.75, 3.05) is 32.1 Å². The number of fused-ring (bicyclic) bond motifs is 1. The van der Waals surface area contributed by atoms with Crippen molar-refractivity contribution < 1.29 is 13.2 Å². The summed E-state index contributed by atoms with van der Waals surface area (Å²) in [6.07, 6.45) is 0.925. The monoisotopic (exact) mass is 295 g/mol. The van der Waals surface area contributed by atoms with Gasteiger partial charge in [-0.1, -0.05) is 25.1 Å². The molecule has 0 bridgehead atoms. The number of ether oxygens (including phenoxy) is 1. The third-order valence-corrected chi connectivity index (χ3v) is 6.43. The second-order valence-corrected chi connectivity index (χ2v) is 7.82. The van der Waals surface area contributed by atoms with Crippen LogP contribution in [0, 0.1) is 5.41 Å². The molecule has 5 heteroatoms. The average Bonchev–Trinajstić information content (AvgIpc) is 3.02. The summed E-state index contributed by atoms with van der Waals surface area (Å²) in [5, 5.41) is 3.39. The molecule has 0 saturated carbocycles. The number of rotatable bonds is 4. The summed E-state index contributed by atoms with van der Waals surface area (Å²) < 4.78 is 30.4. The minimum absolute atomic E-state index is 0.0465.